The molecule has 1 heterocycles. The van der Waals surface area contributed by atoms with Gasteiger partial charge in [-0.05, 0) is 24.6 Å². The zero-order valence-electron chi connectivity index (χ0n) is 12.0. The first-order valence-electron chi connectivity index (χ1n) is 6.48. The molecule has 2 rings (SSSR count). The van der Waals surface area contributed by atoms with Crippen LogP contribution in [-0.4, -0.2) is 40.9 Å². The highest BCUT2D eigenvalue weighted by molar-refractivity contribution is 7.89. The topological polar surface area (TPSA) is 90.7 Å². The molecule has 1 aliphatic rings. The van der Waals surface area contributed by atoms with Crippen LogP contribution in [0.5, 0.6) is 0 Å². The minimum absolute atomic E-state index is 0.120. The molecule has 1 fully saturated rings. The van der Waals surface area contributed by atoms with E-state index in [0.29, 0.717) is 30.2 Å². The predicted molar refractivity (Wildman–Crippen MR) is 81.0 cm³/mol. The van der Waals surface area contributed by atoms with E-state index >= 15 is 0 Å². The number of anilines is 1. The van der Waals surface area contributed by atoms with Crippen LogP contribution < -0.4 is 10.5 Å². The zero-order chi connectivity index (χ0) is 15.7. The highest BCUT2D eigenvalue weighted by atomic mass is 35.5. The summed E-state index contributed by atoms with van der Waals surface area (Å²) in [6, 6.07) is 2.90. The number of nitrogen functional groups attached to an aromatic ring is 1. The van der Waals surface area contributed by atoms with E-state index in [0.717, 1.165) is 0 Å². The zero-order valence-corrected chi connectivity index (χ0v) is 13.6. The minimum Gasteiger partial charge on any atom is -0.397 e. The van der Waals surface area contributed by atoms with Crippen molar-refractivity contribution in [3.63, 3.8) is 0 Å². The summed E-state index contributed by atoms with van der Waals surface area (Å²) in [5, 5.41) is 0.337. The SMILES string of the molecule is COC1(CNS(=O)(=O)c2cc(N)c(Cl)cc2C)CCOC1. The van der Waals surface area contributed by atoms with Crippen molar-refractivity contribution in [1.82, 2.24) is 4.72 Å². The van der Waals surface area contributed by atoms with E-state index in [9.17, 15) is 8.42 Å². The first-order valence-corrected chi connectivity index (χ1v) is 8.34. The van der Waals surface area contributed by atoms with E-state index < -0.39 is 15.6 Å². The summed E-state index contributed by atoms with van der Waals surface area (Å²) in [6.45, 7) is 2.74. The van der Waals surface area contributed by atoms with Crippen molar-refractivity contribution in [2.75, 3.05) is 32.6 Å². The summed E-state index contributed by atoms with van der Waals surface area (Å²) in [5.41, 5.74) is 5.84. The molecule has 0 spiro atoms. The quantitative estimate of drug-likeness (QED) is 0.792. The van der Waals surface area contributed by atoms with Crippen LogP contribution in [0.3, 0.4) is 0 Å². The molecule has 1 aromatic carbocycles. The summed E-state index contributed by atoms with van der Waals surface area (Å²) in [6.07, 6.45) is 0.647. The number of methoxy groups -OCH3 is 1. The fourth-order valence-electron chi connectivity index (χ4n) is 2.22. The monoisotopic (exact) mass is 334 g/mol. The van der Waals surface area contributed by atoms with Gasteiger partial charge in [0.25, 0.3) is 0 Å². The van der Waals surface area contributed by atoms with Crippen LogP contribution in [0.25, 0.3) is 0 Å². The molecular formula is C13H19ClN2O4S. The third kappa shape index (κ3) is 3.49. The fraction of sp³-hybridized carbons (Fsp3) is 0.538. The number of hydrogen-bond acceptors (Lipinski definition) is 5. The summed E-state index contributed by atoms with van der Waals surface area (Å²) < 4.78 is 38.1. The van der Waals surface area contributed by atoms with Crippen molar-refractivity contribution in [2.24, 2.45) is 0 Å². The van der Waals surface area contributed by atoms with Gasteiger partial charge in [0.1, 0.15) is 5.60 Å². The lowest BCUT2D eigenvalue weighted by Crippen LogP contribution is -2.45. The Morgan fingerprint density at radius 2 is 2.24 bits per heavy atom. The summed E-state index contributed by atoms with van der Waals surface area (Å²) in [5.74, 6) is 0. The average Bonchev–Trinajstić information content (AvgIpc) is 2.90. The predicted octanol–water partition coefficient (Wildman–Crippen LogP) is 1.31. The molecule has 1 unspecified atom stereocenters. The Kier molecular flexibility index (Phi) is 4.79. The van der Waals surface area contributed by atoms with Gasteiger partial charge < -0.3 is 15.2 Å². The second-order valence-electron chi connectivity index (χ2n) is 5.15. The molecule has 1 atom stereocenters. The van der Waals surface area contributed by atoms with Crippen molar-refractivity contribution < 1.29 is 17.9 Å². The van der Waals surface area contributed by atoms with Crippen LogP contribution in [0.4, 0.5) is 5.69 Å². The van der Waals surface area contributed by atoms with Crippen molar-refractivity contribution in [3.05, 3.63) is 22.7 Å². The van der Waals surface area contributed by atoms with Gasteiger partial charge in [-0.2, -0.15) is 0 Å². The van der Waals surface area contributed by atoms with E-state index in [4.69, 9.17) is 26.8 Å². The van der Waals surface area contributed by atoms with E-state index in [1.807, 2.05) is 0 Å². The molecule has 0 saturated carbocycles. The second-order valence-corrected chi connectivity index (χ2v) is 7.30. The molecule has 6 nitrogen and oxygen atoms in total. The van der Waals surface area contributed by atoms with E-state index in [2.05, 4.69) is 4.72 Å². The van der Waals surface area contributed by atoms with Gasteiger partial charge in [-0.1, -0.05) is 11.6 Å². The maximum atomic E-state index is 12.4. The van der Waals surface area contributed by atoms with Crippen LogP contribution in [0.15, 0.2) is 17.0 Å². The lowest BCUT2D eigenvalue weighted by Gasteiger charge is -2.26. The van der Waals surface area contributed by atoms with Crippen molar-refractivity contribution in [2.45, 2.75) is 23.8 Å². The molecule has 0 aliphatic carbocycles. The minimum atomic E-state index is -3.69. The van der Waals surface area contributed by atoms with Gasteiger partial charge in [0.05, 0.1) is 22.2 Å². The van der Waals surface area contributed by atoms with Gasteiger partial charge >= 0.3 is 0 Å². The molecule has 3 N–H and O–H groups in total. The highest BCUT2D eigenvalue weighted by Crippen LogP contribution is 2.27. The maximum Gasteiger partial charge on any atom is 0.241 e. The lowest BCUT2D eigenvalue weighted by molar-refractivity contribution is -0.0120. The van der Waals surface area contributed by atoms with Gasteiger partial charge in [0.2, 0.25) is 10.0 Å². The summed E-state index contributed by atoms with van der Waals surface area (Å²) >= 11 is 5.88. The molecule has 1 aromatic rings. The number of nitrogens with two attached hydrogens (primary N) is 1. The van der Waals surface area contributed by atoms with Gasteiger partial charge in [0, 0.05) is 26.7 Å². The molecule has 21 heavy (non-hydrogen) atoms. The number of aryl methyl sites for hydroxylation is 1. The number of sulfonamides is 1. The Bertz CT molecular complexity index is 627. The van der Waals surface area contributed by atoms with E-state index in [1.165, 1.54) is 12.1 Å². The maximum absolute atomic E-state index is 12.4. The lowest BCUT2D eigenvalue weighted by atomic mass is 10.0. The molecule has 0 amide bonds. The third-order valence-electron chi connectivity index (χ3n) is 3.67. The molecule has 1 saturated heterocycles. The standard InChI is InChI=1S/C13H19ClN2O4S/c1-9-5-10(14)11(15)6-12(9)21(17,18)16-7-13(19-2)3-4-20-8-13/h5-6,16H,3-4,7-8,15H2,1-2H3. The highest BCUT2D eigenvalue weighted by Gasteiger charge is 2.36. The van der Waals surface area contributed by atoms with Crippen LogP contribution in [-0.2, 0) is 19.5 Å². The largest absolute Gasteiger partial charge is 0.397 e. The molecule has 0 radical (unpaired) electrons. The van der Waals surface area contributed by atoms with Gasteiger partial charge in [-0.15, -0.1) is 0 Å². The van der Waals surface area contributed by atoms with E-state index in [-0.39, 0.29) is 17.1 Å². The number of nitrogens with one attached hydrogen (secondary N) is 1. The van der Waals surface area contributed by atoms with E-state index in [1.54, 1.807) is 14.0 Å². The smallest absolute Gasteiger partial charge is 0.241 e. The first kappa shape index (κ1) is 16.5. The van der Waals surface area contributed by atoms with Crippen LogP contribution in [0.1, 0.15) is 12.0 Å². The molecule has 8 heteroatoms. The molecule has 0 bridgehead atoms. The van der Waals surface area contributed by atoms with Crippen LogP contribution >= 0.6 is 11.6 Å². The Labute approximate surface area is 129 Å². The van der Waals surface area contributed by atoms with Gasteiger partial charge in [0.15, 0.2) is 0 Å². The Morgan fingerprint density at radius 3 is 2.81 bits per heavy atom. The Morgan fingerprint density at radius 1 is 1.52 bits per heavy atom. The second kappa shape index (κ2) is 6.10. The number of hydrogen-bond donors (Lipinski definition) is 2. The number of rotatable bonds is 5. The molecular weight excluding hydrogens is 316 g/mol. The average molecular weight is 335 g/mol. The number of benzene rings is 1. The van der Waals surface area contributed by atoms with Gasteiger partial charge in [-0.25, -0.2) is 13.1 Å². The first-order chi connectivity index (χ1) is 9.80. The molecule has 118 valence electrons. The Hall–Kier alpha value is -0.860. The van der Waals surface area contributed by atoms with Crippen molar-refractivity contribution in [3.8, 4) is 0 Å². The fourth-order valence-corrected chi connectivity index (χ4v) is 3.82. The van der Waals surface area contributed by atoms with Crippen molar-refractivity contribution in [1.29, 1.82) is 0 Å². The third-order valence-corrected chi connectivity index (χ3v) is 5.54. The normalized spacial score (nSPS) is 22.6. The summed E-state index contributed by atoms with van der Waals surface area (Å²) in [7, 11) is -2.14. The Balaban J connectivity index is 2.21. The van der Waals surface area contributed by atoms with Crippen LogP contribution in [0, 0.1) is 6.92 Å². The van der Waals surface area contributed by atoms with Gasteiger partial charge in [-0.3, -0.25) is 0 Å². The van der Waals surface area contributed by atoms with Crippen LogP contribution in [0.2, 0.25) is 5.02 Å². The summed E-state index contributed by atoms with van der Waals surface area (Å²) in [4.78, 5) is 0.120. The van der Waals surface area contributed by atoms with Crippen molar-refractivity contribution >= 4 is 27.3 Å². The number of ether oxygens (including phenoxy) is 2. The molecule has 1 aliphatic heterocycles. The number of halogens is 1. The molecule has 0 aromatic heterocycles.